The number of hydrogen-bond donors (Lipinski definition) is 2. The van der Waals surface area contributed by atoms with Gasteiger partial charge in [-0.05, 0) is 30.5 Å². The van der Waals surface area contributed by atoms with Gasteiger partial charge in [-0.3, -0.25) is 4.90 Å². The maximum atomic E-state index is 8.95. The summed E-state index contributed by atoms with van der Waals surface area (Å²) in [5.41, 5.74) is 8.85. The van der Waals surface area contributed by atoms with Crippen molar-refractivity contribution < 1.29 is 5.11 Å². The van der Waals surface area contributed by atoms with E-state index in [0.717, 1.165) is 25.9 Å². The Labute approximate surface area is 103 Å². The van der Waals surface area contributed by atoms with Gasteiger partial charge in [0.1, 0.15) is 0 Å². The Morgan fingerprint density at radius 2 is 2.06 bits per heavy atom. The first-order valence-electron chi connectivity index (χ1n) is 6.47. The SMILES string of the molecule is CCN(CCCO)C1CC(N)c2ccccc21. The van der Waals surface area contributed by atoms with E-state index >= 15 is 0 Å². The first-order chi connectivity index (χ1) is 8.27. The molecule has 2 unspecified atom stereocenters. The second-order valence-electron chi connectivity index (χ2n) is 4.69. The molecule has 0 amide bonds. The number of aliphatic hydroxyl groups excluding tert-OH is 1. The smallest absolute Gasteiger partial charge is 0.0443 e. The molecular weight excluding hydrogens is 212 g/mol. The van der Waals surface area contributed by atoms with Crippen LogP contribution in [0.3, 0.4) is 0 Å². The summed E-state index contributed by atoms with van der Waals surface area (Å²) in [6, 6.07) is 9.07. The molecule has 0 fully saturated rings. The molecule has 3 N–H and O–H groups in total. The molecular formula is C14H22N2O. The summed E-state index contributed by atoms with van der Waals surface area (Å²) < 4.78 is 0. The van der Waals surface area contributed by atoms with E-state index in [9.17, 15) is 0 Å². The van der Waals surface area contributed by atoms with Crippen molar-refractivity contribution >= 4 is 0 Å². The van der Waals surface area contributed by atoms with E-state index in [1.807, 2.05) is 0 Å². The molecule has 0 saturated carbocycles. The van der Waals surface area contributed by atoms with E-state index in [0.29, 0.717) is 6.04 Å². The van der Waals surface area contributed by atoms with E-state index < -0.39 is 0 Å². The average Bonchev–Trinajstić information content (AvgIpc) is 2.69. The van der Waals surface area contributed by atoms with Crippen LogP contribution in [0.5, 0.6) is 0 Å². The highest BCUT2D eigenvalue weighted by atomic mass is 16.3. The van der Waals surface area contributed by atoms with E-state index in [4.69, 9.17) is 10.8 Å². The zero-order valence-electron chi connectivity index (χ0n) is 10.5. The van der Waals surface area contributed by atoms with Gasteiger partial charge in [0.05, 0.1) is 0 Å². The van der Waals surface area contributed by atoms with Crippen LogP contribution in [0.1, 0.15) is 43.0 Å². The van der Waals surface area contributed by atoms with Gasteiger partial charge in [0.2, 0.25) is 0 Å². The Hall–Kier alpha value is -0.900. The molecule has 0 aliphatic heterocycles. The molecule has 2 rings (SSSR count). The Balaban J connectivity index is 2.17. The number of hydrogen-bond acceptors (Lipinski definition) is 3. The van der Waals surface area contributed by atoms with E-state index in [2.05, 4.69) is 36.1 Å². The fourth-order valence-electron chi connectivity index (χ4n) is 2.80. The van der Waals surface area contributed by atoms with Crippen molar-refractivity contribution in [2.75, 3.05) is 19.7 Å². The maximum absolute atomic E-state index is 8.95. The van der Waals surface area contributed by atoms with E-state index in [1.165, 1.54) is 11.1 Å². The van der Waals surface area contributed by atoms with Gasteiger partial charge in [-0.25, -0.2) is 0 Å². The summed E-state index contributed by atoms with van der Waals surface area (Å²) in [7, 11) is 0. The number of rotatable bonds is 5. The van der Waals surface area contributed by atoms with Crippen molar-refractivity contribution in [1.29, 1.82) is 0 Å². The number of fused-ring (bicyclic) bond motifs is 1. The van der Waals surface area contributed by atoms with Gasteiger partial charge < -0.3 is 10.8 Å². The van der Waals surface area contributed by atoms with Crippen molar-refractivity contribution in [2.24, 2.45) is 5.73 Å². The van der Waals surface area contributed by atoms with Crippen LogP contribution < -0.4 is 5.73 Å². The monoisotopic (exact) mass is 234 g/mol. The predicted octanol–water partition coefficient (Wildman–Crippen LogP) is 1.84. The topological polar surface area (TPSA) is 49.5 Å². The lowest BCUT2D eigenvalue weighted by molar-refractivity contribution is 0.177. The number of nitrogens with zero attached hydrogens (tertiary/aromatic N) is 1. The van der Waals surface area contributed by atoms with Crippen LogP contribution in [-0.2, 0) is 0 Å². The largest absolute Gasteiger partial charge is 0.396 e. The summed E-state index contributed by atoms with van der Waals surface area (Å²) in [5, 5.41) is 8.95. The first-order valence-corrected chi connectivity index (χ1v) is 6.47. The summed E-state index contributed by atoms with van der Waals surface area (Å²) >= 11 is 0. The van der Waals surface area contributed by atoms with Crippen LogP contribution >= 0.6 is 0 Å². The molecule has 0 radical (unpaired) electrons. The van der Waals surface area contributed by atoms with Gasteiger partial charge in [0, 0.05) is 25.2 Å². The fourth-order valence-corrected chi connectivity index (χ4v) is 2.80. The van der Waals surface area contributed by atoms with Gasteiger partial charge in [0.15, 0.2) is 0 Å². The predicted molar refractivity (Wildman–Crippen MR) is 69.7 cm³/mol. The minimum absolute atomic E-state index is 0.166. The average molecular weight is 234 g/mol. The lowest BCUT2D eigenvalue weighted by Gasteiger charge is -2.28. The van der Waals surface area contributed by atoms with E-state index in [-0.39, 0.29) is 12.6 Å². The Morgan fingerprint density at radius 3 is 2.71 bits per heavy atom. The molecule has 1 aromatic carbocycles. The van der Waals surface area contributed by atoms with Crippen LogP contribution in [0, 0.1) is 0 Å². The normalized spacial score (nSPS) is 23.1. The summed E-state index contributed by atoms with van der Waals surface area (Å²) in [4.78, 5) is 2.42. The molecule has 0 heterocycles. The second-order valence-corrected chi connectivity index (χ2v) is 4.69. The quantitative estimate of drug-likeness (QED) is 0.817. The first kappa shape index (κ1) is 12.6. The van der Waals surface area contributed by atoms with Crippen molar-refractivity contribution in [3.8, 4) is 0 Å². The van der Waals surface area contributed by atoms with Crippen LogP contribution in [0.4, 0.5) is 0 Å². The minimum Gasteiger partial charge on any atom is -0.396 e. The number of aliphatic hydroxyl groups is 1. The van der Waals surface area contributed by atoms with Gasteiger partial charge in [-0.1, -0.05) is 31.2 Å². The van der Waals surface area contributed by atoms with Crippen LogP contribution in [0.2, 0.25) is 0 Å². The number of benzene rings is 1. The number of nitrogens with two attached hydrogens (primary N) is 1. The summed E-state index contributed by atoms with van der Waals surface area (Å²) in [5.74, 6) is 0. The van der Waals surface area contributed by atoms with Crippen molar-refractivity contribution in [3.05, 3.63) is 35.4 Å². The maximum Gasteiger partial charge on any atom is 0.0443 e. The molecule has 1 aliphatic rings. The third-order valence-corrected chi connectivity index (χ3v) is 3.68. The molecule has 17 heavy (non-hydrogen) atoms. The molecule has 0 bridgehead atoms. The highest BCUT2D eigenvalue weighted by molar-refractivity contribution is 5.37. The van der Waals surface area contributed by atoms with Crippen LogP contribution in [-0.4, -0.2) is 29.7 Å². The second kappa shape index (κ2) is 5.63. The molecule has 0 aromatic heterocycles. The van der Waals surface area contributed by atoms with Gasteiger partial charge in [0.25, 0.3) is 0 Å². The third-order valence-electron chi connectivity index (χ3n) is 3.68. The molecule has 94 valence electrons. The lowest BCUT2D eigenvalue weighted by atomic mass is 10.1. The molecule has 3 heteroatoms. The Bertz CT molecular complexity index is 367. The van der Waals surface area contributed by atoms with E-state index in [1.54, 1.807) is 0 Å². The zero-order chi connectivity index (χ0) is 12.3. The standard InChI is InChI=1S/C14H22N2O/c1-2-16(8-5-9-17)14-10-13(15)11-6-3-4-7-12(11)14/h3-4,6-7,13-14,17H,2,5,8-10,15H2,1H3. The lowest BCUT2D eigenvalue weighted by Crippen LogP contribution is -2.29. The van der Waals surface area contributed by atoms with Gasteiger partial charge in [-0.2, -0.15) is 0 Å². The van der Waals surface area contributed by atoms with Gasteiger partial charge >= 0.3 is 0 Å². The third kappa shape index (κ3) is 2.51. The molecule has 0 saturated heterocycles. The van der Waals surface area contributed by atoms with Gasteiger partial charge in [-0.15, -0.1) is 0 Å². The summed E-state index contributed by atoms with van der Waals surface area (Å²) in [6.07, 6.45) is 1.83. The highest BCUT2D eigenvalue weighted by Crippen LogP contribution is 2.40. The molecule has 3 nitrogen and oxygen atoms in total. The minimum atomic E-state index is 0.166. The van der Waals surface area contributed by atoms with Crippen molar-refractivity contribution in [2.45, 2.75) is 31.8 Å². The fraction of sp³-hybridized carbons (Fsp3) is 0.571. The molecule has 2 atom stereocenters. The molecule has 1 aliphatic carbocycles. The van der Waals surface area contributed by atoms with Crippen molar-refractivity contribution in [3.63, 3.8) is 0 Å². The Kier molecular flexibility index (Phi) is 4.15. The Morgan fingerprint density at radius 1 is 1.35 bits per heavy atom. The highest BCUT2D eigenvalue weighted by Gasteiger charge is 2.31. The van der Waals surface area contributed by atoms with Crippen LogP contribution in [0.25, 0.3) is 0 Å². The van der Waals surface area contributed by atoms with Crippen molar-refractivity contribution in [1.82, 2.24) is 4.90 Å². The van der Waals surface area contributed by atoms with Crippen LogP contribution in [0.15, 0.2) is 24.3 Å². The summed E-state index contributed by atoms with van der Waals surface area (Å²) in [6.45, 7) is 4.38. The zero-order valence-corrected chi connectivity index (χ0v) is 10.5. The molecule has 0 spiro atoms. The molecule has 1 aromatic rings.